The van der Waals surface area contributed by atoms with Gasteiger partial charge in [0.2, 0.25) is 11.8 Å². The number of ether oxygens (including phenoxy) is 1. The molecule has 0 spiro atoms. The first-order chi connectivity index (χ1) is 13.1. The third kappa shape index (κ3) is 4.61. The lowest BCUT2D eigenvalue weighted by atomic mass is 9.96. The number of likely N-dealkylation sites (tertiary alicyclic amines) is 1. The van der Waals surface area contributed by atoms with E-state index in [1.54, 1.807) is 4.90 Å². The van der Waals surface area contributed by atoms with Crippen molar-refractivity contribution in [3.8, 4) is 0 Å². The predicted octanol–water partition coefficient (Wildman–Crippen LogP) is 1.78. The van der Waals surface area contributed by atoms with E-state index in [1.807, 2.05) is 4.90 Å². The van der Waals surface area contributed by atoms with E-state index in [4.69, 9.17) is 4.74 Å². The van der Waals surface area contributed by atoms with Crippen molar-refractivity contribution in [1.29, 1.82) is 0 Å². The normalized spacial score (nSPS) is 20.7. The van der Waals surface area contributed by atoms with Crippen molar-refractivity contribution < 1.29 is 14.3 Å². The van der Waals surface area contributed by atoms with Crippen molar-refractivity contribution in [1.82, 2.24) is 9.80 Å². The van der Waals surface area contributed by atoms with Crippen LogP contribution in [0.3, 0.4) is 0 Å². The van der Waals surface area contributed by atoms with Crippen LogP contribution in [-0.2, 0) is 20.7 Å². The quantitative estimate of drug-likeness (QED) is 0.790. The highest BCUT2D eigenvalue weighted by Gasteiger charge is 2.32. The third-order valence-corrected chi connectivity index (χ3v) is 5.70. The van der Waals surface area contributed by atoms with Crippen molar-refractivity contribution in [3.63, 3.8) is 0 Å². The number of aryl methyl sites for hydroxylation is 1. The highest BCUT2D eigenvalue weighted by Crippen LogP contribution is 2.24. The molecule has 0 radical (unpaired) electrons. The Hall–Kier alpha value is -2.08. The molecule has 0 unspecified atom stereocenters. The predicted molar refractivity (Wildman–Crippen MR) is 106 cm³/mol. The summed E-state index contributed by atoms with van der Waals surface area (Å²) in [5, 5.41) is 0. The average molecular weight is 373 g/mol. The molecule has 2 heterocycles. The van der Waals surface area contributed by atoms with Crippen LogP contribution in [0.1, 0.15) is 25.3 Å². The number of carbonyl (C=O) groups is 2. The van der Waals surface area contributed by atoms with Crippen LogP contribution in [0, 0.1) is 5.92 Å². The maximum absolute atomic E-state index is 13.0. The summed E-state index contributed by atoms with van der Waals surface area (Å²) >= 11 is 0. The van der Waals surface area contributed by atoms with Crippen LogP contribution in [0.2, 0.25) is 0 Å². The van der Waals surface area contributed by atoms with Gasteiger partial charge in [0.25, 0.3) is 0 Å². The van der Waals surface area contributed by atoms with Crippen LogP contribution in [0.4, 0.5) is 5.69 Å². The van der Waals surface area contributed by atoms with Gasteiger partial charge in [-0.05, 0) is 30.9 Å². The Morgan fingerprint density at radius 3 is 2.52 bits per heavy atom. The van der Waals surface area contributed by atoms with Crippen LogP contribution in [-0.4, -0.2) is 74.6 Å². The van der Waals surface area contributed by atoms with Crippen molar-refractivity contribution in [2.24, 2.45) is 5.92 Å². The SMILES string of the molecule is CCc1ccccc1N1CCN(C(=O)[C@@H]2CCCN(C(=O)COC)C2)CC1. The lowest BCUT2D eigenvalue weighted by molar-refractivity contribution is -0.142. The van der Waals surface area contributed by atoms with Gasteiger partial charge in [-0.25, -0.2) is 0 Å². The van der Waals surface area contributed by atoms with Gasteiger partial charge in [-0.15, -0.1) is 0 Å². The standard InChI is InChI=1S/C21H31N3O3/c1-3-17-7-4-5-9-19(17)22-11-13-23(14-12-22)21(26)18-8-6-10-24(15-18)20(25)16-27-2/h4-5,7,9,18H,3,6,8,10-16H2,1-2H3/t18-/m1/s1. The molecule has 0 saturated carbocycles. The molecule has 27 heavy (non-hydrogen) atoms. The first kappa shape index (κ1) is 19.7. The molecule has 2 amide bonds. The molecule has 2 saturated heterocycles. The van der Waals surface area contributed by atoms with E-state index in [9.17, 15) is 9.59 Å². The van der Waals surface area contributed by atoms with Gasteiger partial charge in [-0.2, -0.15) is 0 Å². The topological polar surface area (TPSA) is 53.1 Å². The molecular weight excluding hydrogens is 342 g/mol. The highest BCUT2D eigenvalue weighted by atomic mass is 16.5. The zero-order chi connectivity index (χ0) is 19.2. The molecular formula is C21H31N3O3. The number of carbonyl (C=O) groups excluding carboxylic acids is 2. The zero-order valence-electron chi connectivity index (χ0n) is 16.5. The van der Waals surface area contributed by atoms with Crippen LogP contribution < -0.4 is 4.90 Å². The van der Waals surface area contributed by atoms with Crippen molar-refractivity contribution >= 4 is 17.5 Å². The number of amides is 2. The van der Waals surface area contributed by atoms with Crippen molar-refractivity contribution in [2.45, 2.75) is 26.2 Å². The van der Waals surface area contributed by atoms with Crippen molar-refractivity contribution in [2.75, 3.05) is 57.9 Å². The highest BCUT2D eigenvalue weighted by molar-refractivity contribution is 5.82. The van der Waals surface area contributed by atoms with Gasteiger partial charge in [0.05, 0.1) is 5.92 Å². The van der Waals surface area contributed by atoms with E-state index >= 15 is 0 Å². The summed E-state index contributed by atoms with van der Waals surface area (Å²) in [5.74, 6) is 0.110. The molecule has 1 atom stereocenters. The number of methoxy groups -OCH3 is 1. The van der Waals surface area contributed by atoms with Gasteiger partial charge >= 0.3 is 0 Å². The van der Waals surface area contributed by atoms with Crippen LogP contribution in [0.5, 0.6) is 0 Å². The number of para-hydroxylation sites is 1. The molecule has 2 aliphatic rings. The monoisotopic (exact) mass is 373 g/mol. The summed E-state index contributed by atoms with van der Waals surface area (Å²) < 4.78 is 4.95. The lowest BCUT2D eigenvalue weighted by Gasteiger charge is -2.40. The average Bonchev–Trinajstić information content (AvgIpc) is 2.73. The molecule has 2 fully saturated rings. The maximum atomic E-state index is 13.0. The summed E-state index contributed by atoms with van der Waals surface area (Å²) in [6.07, 6.45) is 2.77. The molecule has 6 heteroatoms. The molecule has 0 aromatic heterocycles. The molecule has 6 nitrogen and oxygen atoms in total. The Morgan fingerprint density at radius 2 is 1.81 bits per heavy atom. The number of hydrogen-bond acceptors (Lipinski definition) is 4. The fraction of sp³-hybridized carbons (Fsp3) is 0.619. The number of piperazine rings is 1. The number of anilines is 1. The second-order valence-electron chi connectivity index (χ2n) is 7.41. The number of nitrogens with zero attached hydrogens (tertiary/aromatic N) is 3. The minimum Gasteiger partial charge on any atom is -0.375 e. The summed E-state index contributed by atoms with van der Waals surface area (Å²) in [6.45, 7) is 6.75. The fourth-order valence-corrected chi connectivity index (χ4v) is 4.16. The summed E-state index contributed by atoms with van der Waals surface area (Å²) in [5.41, 5.74) is 2.65. The number of hydrogen-bond donors (Lipinski definition) is 0. The first-order valence-corrected chi connectivity index (χ1v) is 10.0. The lowest BCUT2D eigenvalue weighted by Crippen LogP contribution is -2.53. The number of benzene rings is 1. The fourth-order valence-electron chi connectivity index (χ4n) is 4.16. The van der Waals surface area contributed by atoms with E-state index in [-0.39, 0.29) is 24.3 Å². The largest absolute Gasteiger partial charge is 0.375 e. The molecule has 148 valence electrons. The molecule has 0 aliphatic carbocycles. The Balaban J connectivity index is 1.56. The molecule has 0 N–H and O–H groups in total. The van der Waals surface area contributed by atoms with Crippen LogP contribution in [0.15, 0.2) is 24.3 Å². The summed E-state index contributed by atoms with van der Waals surface area (Å²) in [4.78, 5) is 31.2. The molecule has 1 aromatic carbocycles. The Bertz CT molecular complexity index is 656. The molecule has 2 aliphatic heterocycles. The van der Waals surface area contributed by atoms with Gasteiger partial charge in [-0.1, -0.05) is 25.1 Å². The zero-order valence-corrected chi connectivity index (χ0v) is 16.5. The number of rotatable bonds is 5. The van der Waals surface area contributed by atoms with E-state index in [1.165, 1.54) is 18.4 Å². The smallest absolute Gasteiger partial charge is 0.248 e. The Kier molecular flexibility index (Phi) is 6.72. The first-order valence-electron chi connectivity index (χ1n) is 10.0. The molecule has 0 bridgehead atoms. The third-order valence-electron chi connectivity index (χ3n) is 5.70. The van der Waals surface area contributed by atoms with E-state index < -0.39 is 0 Å². The van der Waals surface area contributed by atoms with E-state index in [0.717, 1.165) is 52.0 Å². The Morgan fingerprint density at radius 1 is 1.07 bits per heavy atom. The van der Waals surface area contributed by atoms with Crippen LogP contribution in [0.25, 0.3) is 0 Å². The van der Waals surface area contributed by atoms with Gasteiger partial charge in [0.15, 0.2) is 0 Å². The van der Waals surface area contributed by atoms with Gasteiger partial charge < -0.3 is 19.4 Å². The number of piperidine rings is 1. The summed E-state index contributed by atoms with van der Waals surface area (Å²) in [7, 11) is 1.53. The molecule has 1 aromatic rings. The summed E-state index contributed by atoms with van der Waals surface area (Å²) in [6, 6.07) is 8.53. The van der Waals surface area contributed by atoms with Gasteiger partial charge in [0, 0.05) is 52.1 Å². The maximum Gasteiger partial charge on any atom is 0.248 e. The second-order valence-corrected chi connectivity index (χ2v) is 7.41. The second kappa shape index (κ2) is 9.22. The van der Waals surface area contributed by atoms with E-state index in [2.05, 4.69) is 36.1 Å². The molecule has 3 rings (SSSR count). The minimum absolute atomic E-state index is 0.0176. The van der Waals surface area contributed by atoms with Crippen molar-refractivity contribution in [3.05, 3.63) is 29.8 Å². The Labute approximate surface area is 162 Å². The van der Waals surface area contributed by atoms with Crippen LogP contribution >= 0.6 is 0 Å². The van der Waals surface area contributed by atoms with Gasteiger partial charge in [-0.3, -0.25) is 9.59 Å². The minimum atomic E-state index is -0.0750. The van der Waals surface area contributed by atoms with E-state index in [0.29, 0.717) is 6.54 Å². The van der Waals surface area contributed by atoms with Gasteiger partial charge in [0.1, 0.15) is 6.61 Å².